The van der Waals surface area contributed by atoms with Crippen LogP contribution in [0.2, 0.25) is 0 Å². The van der Waals surface area contributed by atoms with Crippen molar-refractivity contribution in [2.75, 3.05) is 19.7 Å². The highest BCUT2D eigenvalue weighted by Crippen LogP contribution is 2.23. The number of furan rings is 1. The number of ether oxygens (including phenoxy) is 1. The fourth-order valence-corrected chi connectivity index (χ4v) is 2.82. The van der Waals surface area contributed by atoms with E-state index in [1.807, 2.05) is 6.07 Å². The third kappa shape index (κ3) is 3.74. The van der Waals surface area contributed by atoms with Gasteiger partial charge < -0.3 is 9.15 Å². The zero-order valence-corrected chi connectivity index (χ0v) is 12.6. The summed E-state index contributed by atoms with van der Waals surface area (Å²) in [5, 5.41) is 0. The third-order valence-electron chi connectivity index (χ3n) is 3.92. The van der Waals surface area contributed by atoms with E-state index in [-0.39, 0.29) is 6.10 Å². The summed E-state index contributed by atoms with van der Waals surface area (Å²) in [7, 11) is 0. The summed E-state index contributed by atoms with van der Waals surface area (Å²) in [5.41, 5.74) is 1.26. The smallest absolute Gasteiger partial charge is 0.118 e. The molecule has 2 heterocycles. The Balaban J connectivity index is 1.60. The molecule has 1 fully saturated rings. The van der Waals surface area contributed by atoms with Crippen LogP contribution in [0.5, 0.6) is 0 Å². The first-order chi connectivity index (χ1) is 10.3. The van der Waals surface area contributed by atoms with Gasteiger partial charge in [-0.2, -0.15) is 0 Å². The summed E-state index contributed by atoms with van der Waals surface area (Å²) >= 11 is 0. The number of benzene rings is 1. The van der Waals surface area contributed by atoms with Crippen molar-refractivity contribution < 1.29 is 9.15 Å². The van der Waals surface area contributed by atoms with Crippen molar-refractivity contribution in [2.24, 2.45) is 0 Å². The Bertz CT molecular complexity index is 549. The quantitative estimate of drug-likeness (QED) is 0.835. The van der Waals surface area contributed by atoms with Crippen LogP contribution in [-0.2, 0) is 17.7 Å². The number of rotatable bonds is 5. The van der Waals surface area contributed by atoms with Crippen molar-refractivity contribution in [1.29, 1.82) is 0 Å². The van der Waals surface area contributed by atoms with Crippen molar-refractivity contribution in [1.82, 2.24) is 4.90 Å². The lowest BCUT2D eigenvalue weighted by atomic mass is 10.1. The number of aryl methyl sites for hydroxylation is 1. The predicted molar refractivity (Wildman–Crippen MR) is 83.1 cm³/mol. The number of hydrogen-bond acceptors (Lipinski definition) is 3. The molecule has 0 bridgehead atoms. The fourth-order valence-electron chi connectivity index (χ4n) is 2.82. The highest BCUT2D eigenvalue weighted by atomic mass is 16.5. The zero-order valence-electron chi connectivity index (χ0n) is 12.6. The first-order valence-corrected chi connectivity index (χ1v) is 7.81. The molecule has 0 spiro atoms. The average molecular weight is 285 g/mol. The van der Waals surface area contributed by atoms with Crippen molar-refractivity contribution >= 4 is 0 Å². The van der Waals surface area contributed by atoms with Crippen LogP contribution < -0.4 is 0 Å². The molecular formula is C18H23NO2. The Labute approximate surface area is 126 Å². The predicted octanol–water partition coefficient (Wildman–Crippen LogP) is 3.81. The molecule has 0 saturated carbocycles. The van der Waals surface area contributed by atoms with Gasteiger partial charge in [0.05, 0.1) is 19.3 Å². The normalized spacial score (nSPS) is 19.8. The standard InChI is InChI=1S/C18H23NO2/c1-2-6-16-9-10-17(21-16)13-19-11-12-20-18(14-19)15-7-4-3-5-8-15/h3-5,7-10,18H,2,6,11-14H2,1H3. The minimum Gasteiger partial charge on any atom is -0.465 e. The minimum atomic E-state index is 0.171. The van der Waals surface area contributed by atoms with E-state index in [0.29, 0.717) is 0 Å². The third-order valence-corrected chi connectivity index (χ3v) is 3.92. The Morgan fingerprint density at radius 2 is 1.90 bits per heavy atom. The van der Waals surface area contributed by atoms with Crippen molar-refractivity contribution in [3.8, 4) is 0 Å². The lowest BCUT2D eigenvalue weighted by molar-refractivity contribution is -0.0347. The van der Waals surface area contributed by atoms with Crippen molar-refractivity contribution in [3.05, 3.63) is 59.5 Å². The second-order valence-corrected chi connectivity index (χ2v) is 5.62. The largest absolute Gasteiger partial charge is 0.465 e. The molecule has 3 heteroatoms. The van der Waals surface area contributed by atoms with Crippen LogP contribution in [0.25, 0.3) is 0 Å². The molecule has 0 amide bonds. The van der Waals surface area contributed by atoms with Gasteiger partial charge in [0.2, 0.25) is 0 Å². The van der Waals surface area contributed by atoms with E-state index in [2.05, 4.69) is 48.2 Å². The van der Waals surface area contributed by atoms with Gasteiger partial charge in [0.15, 0.2) is 0 Å². The summed E-state index contributed by atoms with van der Waals surface area (Å²) in [6.45, 7) is 5.72. The van der Waals surface area contributed by atoms with Gasteiger partial charge in [0.1, 0.15) is 11.5 Å². The topological polar surface area (TPSA) is 25.6 Å². The molecule has 112 valence electrons. The molecule has 1 aromatic heterocycles. The van der Waals surface area contributed by atoms with Gasteiger partial charge in [0, 0.05) is 19.5 Å². The summed E-state index contributed by atoms with van der Waals surface area (Å²) < 4.78 is 11.8. The molecule has 3 rings (SSSR count). The second kappa shape index (κ2) is 6.92. The maximum Gasteiger partial charge on any atom is 0.118 e. The highest BCUT2D eigenvalue weighted by molar-refractivity contribution is 5.18. The van der Waals surface area contributed by atoms with Crippen molar-refractivity contribution in [3.63, 3.8) is 0 Å². The lowest BCUT2D eigenvalue weighted by Crippen LogP contribution is -2.37. The molecule has 2 aromatic rings. The maximum atomic E-state index is 5.90. The van der Waals surface area contributed by atoms with E-state index in [0.717, 1.165) is 50.6 Å². The van der Waals surface area contributed by atoms with Crippen LogP contribution in [0, 0.1) is 0 Å². The number of morpholine rings is 1. The van der Waals surface area contributed by atoms with Gasteiger partial charge in [-0.1, -0.05) is 37.3 Å². The summed E-state index contributed by atoms with van der Waals surface area (Å²) in [6.07, 6.45) is 2.32. The lowest BCUT2D eigenvalue weighted by Gasteiger charge is -2.32. The fraction of sp³-hybridized carbons (Fsp3) is 0.444. The van der Waals surface area contributed by atoms with Crippen LogP contribution in [0.1, 0.15) is 36.5 Å². The van der Waals surface area contributed by atoms with E-state index in [9.17, 15) is 0 Å². The average Bonchev–Trinajstić information content (AvgIpc) is 2.96. The van der Waals surface area contributed by atoms with E-state index in [4.69, 9.17) is 9.15 Å². The van der Waals surface area contributed by atoms with Gasteiger partial charge in [-0.05, 0) is 24.1 Å². The molecule has 21 heavy (non-hydrogen) atoms. The Morgan fingerprint density at radius 3 is 2.71 bits per heavy atom. The van der Waals surface area contributed by atoms with Gasteiger partial charge in [-0.3, -0.25) is 4.90 Å². The molecule has 0 radical (unpaired) electrons. The summed E-state index contributed by atoms with van der Waals surface area (Å²) in [4.78, 5) is 2.41. The van der Waals surface area contributed by atoms with Crippen molar-refractivity contribution in [2.45, 2.75) is 32.4 Å². The van der Waals surface area contributed by atoms with Crippen LogP contribution in [0.15, 0.2) is 46.9 Å². The maximum absolute atomic E-state index is 5.90. The van der Waals surface area contributed by atoms with Gasteiger partial charge >= 0.3 is 0 Å². The Hall–Kier alpha value is -1.58. The first kappa shape index (κ1) is 14.4. The second-order valence-electron chi connectivity index (χ2n) is 5.62. The molecule has 0 aliphatic carbocycles. The Morgan fingerprint density at radius 1 is 1.10 bits per heavy atom. The molecule has 3 nitrogen and oxygen atoms in total. The SMILES string of the molecule is CCCc1ccc(CN2CCOC(c3ccccc3)C2)o1. The molecule has 1 saturated heterocycles. The number of nitrogens with zero attached hydrogens (tertiary/aromatic N) is 1. The molecule has 1 unspecified atom stereocenters. The summed E-state index contributed by atoms with van der Waals surface area (Å²) in [6, 6.07) is 14.7. The molecule has 1 aliphatic heterocycles. The molecular weight excluding hydrogens is 262 g/mol. The van der Waals surface area contributed by atoms with E-state index >= 15 is 0 Å². The van der Waals surface area contributed by atoms with Crippen LogP contribution in [-0.4, -0.2) is 24.6 Å². The monoisotopic (exact) mass is 285 g/mol. The van der Waals surface area contributed by atoms with Crippen LogP contribution in [0.3, 0.4) is 0 Å². The minimum absolute atomic E-state index is 0.171. The van der Waals surface area contributed by atoms with E-state index in [1.54, 1.807) is 0 Å². The van der Waals surface area contributed by atoms with E-state index < -0.39 is 0 Å². The molecule has 1 aliphatic rings. The number of hydrogen-bond donors (Lipinski definition) is 0. The van der Waals surface area contributed by atoms with E-state index in [1.165, 1.54) is 5.56 Å². The van der Waals surface area contributed by atoms with Gasteiger partial charge in [-0.25, -0.2) is 0 Å². The summed E-state index contributed by atoms with van der Waals surface area (Å²) in [5.74, 6) is 2.16. The first-order valence-electron chi connectivity index (χ1n) is 7.81. The van der Waals surface area contributed by atoms with Gasteiger partial charge in [-0.15, -0.1) is 0 Å². The van der Waals surface area contributed by atoms with Gasteiger partial charge in [0.25, 0.3) is 0 Å². The highest BCUT2D eigenvalue weighted by Gasteiger charge is 2.22. The Kier molecular flexibility index (Phi) is 4.73. The van der Waals surface area contributed by atoms with Crippen LogP contribution in [0.4, 0.5) is 0 Å². The molecule has 1 atom stereocenters. The van der Waals surface area contributed by atoms with Crippen LogP contribution >= 0.6 is 0 Å². The molecule has 0 N–H and O–H groups in total. The zero-order chi connectivity index (χ0) is 14.5. The molecule has 1 aromatic carbocycles.